The number of anilines is 1. The molecule has 0 unspecified atom stereocenters. The lowest BCUT2D eigenvalue weighted by atomic mass is 10.2. The Kier molecular flexibility index (Phi) is 4.52. The summed E-state index contributed by atoms with van der Waals surface area (Å²) in [5.74, 6) is 0. The van der Waals surface area contributed by atoms with E-state index >= 15 is 0 Å². The molecule has 1 aromatic rings. The number of hydrogen-bond donors (Lipinski definition) is 0. The van der Waals surface area contributed by atoms with Crippen LogP contribution in [0.3, 0.4) is 0 Å². The number of rotatable bonds is 4. The molecule has 16 heavy (non-hydrogen) atoms. The van der Waals surface area contributed by atoms with E-state index in [4.69, 9.17) is 0 Å². The Bertz CT molecular complexity index is 399. The molecule has 2 nitrogen and oxygen atoms in total. The summed E-state index contributed by atoms with van der Waals surface area (Å²) in [5, 5.41) is 0. The van der Waals surface area contributed by atoms with Crippen molar-refractivity contribution in [1.82, 2.24) is 0 Å². The first-order valence-corrected chi connectivity index (χ1v) is 5.26. The van der Waals surface area contributed by atoms with Crippen molar-refractivity contribution >= 4 is 11.4 Å². The lowest BCUT2D eigenvalue weighted by Gasteiger charge is -2.13. The average molecular weight is 214 g/mol. The minimum Gasteiger partial charge on any atom is -0.350 e. The summed E-state index contributed by atoms with van der Waals surface area (Å²) in [6, 6.07) is 8.36. The van der Waals surface area contributed by atoms with E-state index in [2.05, 4.69) is 42.8 Å². The molecule has 0 N–H and O–H groups in total. The number of nitrogens with zero attached hydrogens (tertiary/aromatic N) is 2. The molecular formula is C14H18N2. The molecular weight excluding hydrogens is 196 g/mol. The van der Waals surface area contributed by atoms with Gasteiger partial charge in [-0.3, -0.25) is 4.99 Å². The van der Waals surface area contributed by atoms with Crippen LogP contribution in [0, 0.1) is 6.92 Å². The van der Waals surface area contributed by atoms with Gasteiger partial charge in [-0.1, -0.05) is 24.3 Å². The van der Waals surface area contributed by atoms with Gasteiger partial charge in [0.05, 0.1) is 0 Å². The van der Waals surface area contributed by atoms with E-state index in [1.807, 2.05) is 25.1 Å². The Hall–Kier alpha value is -1.83. The van der Waals surface area contributed by atoms with Gasteiger partial charge in [0.1, 0.15) is 0 Å². The Morgan fingerprint density at radius 3 is 2.50 bits per heavy atom. The van der Waals surface area contributed by atoms with Crippen LogP contribution in [0.4, 0.5) is 5.69 Å². The Balaban J connectivity index is 2.68. The molecule has 84 valence electrons. The first-order chi connectivity index (χ1) is 7.63. The van der Waals surface area contributed by atoms with Crippen molar-refractivity contribution in [2.24, 2.45) is 4.99 Å². The molecule has 1 rings (SSSR count). The van der Waals surface area contributed by atoms with Gasteiger partial charge in [-0.15, -0.1) is 0 Å². The van der Waals surface area contributed by atoms with Crippen LogP contribution >= 0.6 is 0 Å². The quantitative estimate of drug-likeness (QED) is 0.700. The number of benzene rings is 1. The van der Waals surface area contributed by atoms with Gasteiger partial charge in [0.15, 0.2) is 0 Å². The van der Waals surface area contributed by atoms with Gasteiger partial charge in [0, 0.05) is 30.8 Å². The number of aryl methyl sites for hydroxylation is 1. The molecule has 0 bridgehead atoms. The molecule has 0 atom stereocenters. The van der Waals surface area contributed by atoms with Crippen molar-refractivity contribution in [2.75, 3.05) is 11.9 Å². The maximum Gasteiger partial charge on any atom is 0.0433 e. The fourth-order valence-electron chi connectivity index (χ4n) is 1.17. The zero-order valence-electron chi connectivity index (χ0n) is 10.1. The Morgan fingerprint density at radius 2 is 1.94 bits per heavy atom. The highest BCUT2D eigenvalue weighted by atomic mass is 15.1. The number of aliphatic imine (C=N–C) groups is 1. The summed E-state index contributed by atoms with van der Waals surface area (Å²) in [4.78, 5) is 6.23. The van der Waals surface area contributed by atoms with E-state index < -0.39 is 0 Å². The van der Waals surface area contributed by atoms with Gasteiger partial charge in [0.2, 0.25) is 0 Å². The molecule has 0 aliphatic heterocycles. The van der Waals surface area contributed by atoms with E-state index in [1.165, 1.54) is 5.56 Å². The molecule has 0 aliphatic carbocycles. The van der Waals surface area contributed by atoms with Gasteiger partial charge in [0.25, 0.3) is 0 Å². The largest absolute Gasteiger partial charge is 0.350 e. The second-order valence-corrected chi connectivity index (χ2v) is 3.72. The van der Waals surface area contributed by atoms with Crippen LogP contribution in [0.5, 0.6) is 0 Å². The molecule has 1 aromatic carbocycles. The van der Waals surface area contributed by atoms with Crippen molar-refractivity contribution in [3.05, 3.63) is 54.9 Å². The molecule has 0 aliphatic rings. The van der Waals surface area contributed by atoms with Crippen LogP contribution < -0.4 is 4.90 Å². The van der Waals surface area contributed by atoms with Crippen molar-refractivity contribution in [2.45, 2.75) is 13.8 Å². The summed E-state index contributed by atoms with van der Waals surface area (Å²) in [5.41, 5.74) is 3.32. The van der Waals surface area contributed by atoms with Crippen LogP contribution in [0.1, 0.15) is 12.5 Å². The smallest absolute Gasteiger partial charge is 0.0433 e. The lowest BCUT2D eigenvalue weighted by Crippen LogP contribution is -2.07. The van der Waals surface area contributed by atoms with E-state index in [0.717, 1.165) is 11.4 Å². The van der Waals surface area contributed by atoms with Crippen LogP contribution in [-0.2, 0) is 0 Å². The standard InChI is InChI=1S/C14H18N2/c1-5-13(3)15-10-11-16(4)14-8-6-12(2)7-9-14/h5-11H,1H2,2-4H3/b11-10-,15-13?. The zero-order chi connectivity index (χ0) is 12.0. The first-order valence-electron chi connectivity index (χ1n) is 5.26. The normalized spacial score (nSPS) is 11.8. The highest BCUT2D eigenvalue weighted by molar-refractivity contribution is 5.92. The first kappa shape index (κ1) is 12.2. The predicted octanol–water partition coefficient (Wildman–Crippen LogP) is 3.55. The summed E-state index contributed by atoms with van der Waals surface area (Å²) in [7, 11) is 2.00. The highest BCUT2D eigenvalue weighted by Crippen LogP contribution is 2.13. The van der Waals surface area contributed by atoms with Crippen molar-refractivity contribution in [1.29, 1.82) is 0 Å². The van der Waals surface area contributed by atoms with Crippen molar-refractivity contribution in [3.8, 4) is 0 Å². The minimum atomic E-state index is 0.911. The predicted molar refractivity (Wildman–Crippen MR) is 72.0 cm³/mol. The zero-order valence-corrected chi connectivity index (χ0v) is 10.1. The third-order valence-electron chi connectivity index (χ3n) is 2.31. The number of allylic oxidation sites excluding steroid dienone is 1. The van der Waals surface area contributed by atoms with E-state index in [9.17, 15) is 0 Å². The molecule has 0 spiro atoms. The Morgan fingerprint density at radius 1 is 1.31 bits per heavy atom. The average Bonchev–Trinajstić information content (AvgIpc) is 2.29. The monoisotopic (exact) mass is 214 g/mol. The van der Waals surface area contributed by atoms with Crippen LogP contribution in [-0.4, -0.2) is 12.8 Å². The van der Waals surface area contributed by atoms with Gasteiger partial charge < -0.3 is 4.90 Å². The molecule has 0 saturated carbocycles. The van der Waals surface area contributed by atoms with Gasteiger partial charge in [-0.05, 0) is 32.1 Å². The van der Waals surface area contributed by atoms with Crippen molar-refractivity contribution in [3.63, 3.8) is 0 Å². The second-order valence-electron chi connectivity index (χ2n) is 3.72. The number of hydrogen-bond acceptors (Lipinski definition) is 2. The fraction of sp³-hybridized carbons (Fsp3) is 0.214. The summed E-state index contributed by atoms with van der Waals surface area (Å²) < 4.78 is 0. The van der Waals surface area contributed by atoms with Crippen molar-refractivity contribution < 1.29 is 0 Å². The second kappa shape index (κ2) is 5.91. The van der Waals surface area contributed by atoms with E-state index in [1.54, 1.807) is 12.3 Å². The highest BCUT2D eigenvalue weighted by Gasteiger charge is 1.94. The maximum absolute atomic E-state index is 4.20. The summed E-state index contributed by atoms with van der Waals surface area (Å²) >= 11 is 0. The molecule has 0 saturated heterocycles. The molecule has 0 fully saturated rings. The van der Waals surface area contributed by atoms with E-state index in [0.29, 0.717) is 0 Å². The van der Waals surface area contributed by atoms with Crippen LogP contribution in [0.15, 0.2) is 54.3 Å². The summed E-state index contributed by atoms with van der Waals surface area (Å²) in [6.45, 7) is 7.65. The fourth-order valence-corrected chi connectivity index (χ4v) is 1.17. The minimum absolute atomic E-state index is 0.911. The van der Waals surface area contributed by atoms with E-state index in [-0.39, 0.29) is 0 Å². The van der Waals surface area contributed by atoms with Gasteiger partial charge >= 0.3 is 0 Å². The molecule has 0 amide bonds. The maximum atomic E-state index is 4.20. The third-order valence-corrected chi connectivity index (χ3v) is 2.31. The van der Waals surface area contributed by atoms with Gasteiger partial charge in [-0.25, -0.2) is 0 Å². The third kappa shape index (κ3) is 3.73. The topological polar surface area (TPSA) is 15.6 Å². The Labute approximate surface area is 97.6 Å². The molecule has 2 heteroatoms. The molecule has 0 heterocycles. The lowest BCUT2D eigenvalue weighted by molar-refractivity contribution is 1.19. The molecule has 0 radical (unpaired) electrons. The molecule has 0 aromatic heterocycles. The summed E-state index contributed by atoms with van der Waals surface area (Å²) in [6.07, 6.45) is 5.44. The van der Waals surface area contributed by atoms with Crippen LogP contribution in [0.25, 0.3) is 0 Å². The SMILES string of the molecule is C=CC(C)=N/C=C\N(C)c1ccc(C)cc1. The van der Waals surface area contributed by atoms with Crippen LogP contribution in [0.2, 0.25) is 0 Å². The van der Waals surface area contributed by atoms with Gasteiger partial charge in [-0.2, -0.15) is 0 Å².